The van der Waals surface area contributed by atoms with Crippen molar-refractivity contribution in [2.75, 3.05) is 5.32 Å². The van der Waals surface area contributed by atoms with Crippen LogP contribution in [0, 0.1) is 17.8 Å². The van der Waals surface area contributed by atoms with Gasteiger partial charge in [-0.05, 0) is 88.0 Å². The van der Waals surface area contributed by atoms with Gasteiger partial charge < -0.3 is 14.5 Å². The van der Waals surface area contributed by atoms with E-state index in [2.05, 4.69) is 95.0 Å². The summed E-state index contributed by atoms with van der Waals surface area (Å²) in [5, 5.41) is 6.66. The molecule has 4 nitrogen and oxygen atoms in total. The van der Waals surface area contributed by atoms with Gasteiger partial charge in [0.2, 0.25) is 5.95 Å². The highest BCUT2D eigenvalue weighted by molar-refractivity contribution is 6.10. The first-order chi connectivity index (χ1) is 17.1. The van der Waals surface area contributed by atoms with E-state index in [4.69, 9.17) is 4.98 Å². The van der Waals surface area contributed by atoms with E-state index in [0.717, 1.165) is 34.9 Å². The van der Waals surface area contributed by atoms with E-state index in [1.54, 1.807) is 0 Å². The Kier molecular flexibility index (Phi) is 3.94. The summed E-state index contributed by atoms with van der Waals surface area (Å²) in [6.45, 7) is 4.57. The average molecular weight is 461 g/mol. The van der Waals surface area contributed by atoms with Crippen molar-refractivity contribution >= 4 is 38.8 Å². The molecule has 0 amide bonds. The Morgan fingerprint density at radius 3 is 2.06 bits per heavy atom. The van der Waals surface area contributed by atoms with Crippen molar-refractivity contribution in [2.24, 2.45) is 17.8 Å². The van der Waals surface area contributed by atoms with Crippen molar-refractivity contribution in [1.82, 2.24) is 14.1 Å². The van der Waals surface area contributed by atoms with E-state index in [-0.39, 0.29) is 5.54 Å². The topological polar surface area (TPSA) is 34.8 Å². The van der Waals surface area contributed by atoms with Crippen LogP contribution >= 0.6 is 0 Å². The van der Waals surface area contributed by atoms with Gasteiger partial charge in [-0.15, -0.1) is 0 Å². The third kappa shape index (κ3) is 2.71. The molecule has 2 heterocycles. The van der Waals surface area contributed by atoms with Gasteiger partial charge >= 0.3 is 0 Å². The molecule has 4 fully saturated rings. The van der Waals surface area contributed by atoms with Gasteiger partial charge in [-0.2, -0.15) is 0 Å². The van der Waals surface area contributed by atoms with Gasteiger partial charge in [-0.1, -0.05) is 42.5 Å². The van der Waals surface area contributed by atoms with Gasteiger partial charge in [0.25, 0.3) is 0 Å². The van der Waals surface area contributed by atoms with Crippen LogP contribution in [0.5, 0.6) is 0 Å². The van der Waals surface area contributed by atoms with E-state index in [1.165, 1.54) is 59.4 Å². The minimum atomic E-state index is 0.248. The van der Waals surface area contributed by atoms with Gasteiger partial charge in [0.15, 0.2) is 0 Å². The molecule has 4 atom stereocenters. The van der Waals surface area contributed by atoms with Crippen LogP contribution in [-0.4, -0.2) is 19.7 Å². The average Bonchev–Trinajstić information content (AvgIpc) is 3.53. The van der Waals surface area contributed by atoms with Crippen molar-refractivity contribution in [3.8, 4) is 5.69 Å². The van der Waals surface area contributed by atoms with Crippen molar-refractivity contribution in [1.29, 1.82) is 0 Å². The predicted octanol–water partition coefficient (Wildman–Crippen LogP) is 7.70. The first kappa shape index (κ1) is 20.0. The molecule has 0 aliphatic heterocycles. The van der Waals surface area contributed by atoms with Crippen LogP contribution in [0.1, 0.15) is 52.0 Å². The number of fused-ring (bicyclic) bond motifs is 4. The lowest BCUT2D eigenvalue weighted by molar-refractivity contribution is 0.252. The maximum atomic E-state index is 5.38. The van der Waals surface area contributed by atoms with Gasteiger partial charge in [-0.3, -0.25) is 0 Å². The Morgan fingerprint density at radius 1 is 0.800 bits per heavy atom. The number of nitrogens with zero attached hydrogens (tertiary/aromatic N) is 3. The highest BCUT2D eigenvalue weighted by Crippen LogP contribution is 2.60. The fourth-order valence-corrected chi connectivity index (χ4v) is 8.28. The third-order valence-corrected chi connectivity index (χ3v) is 9.34. The smallest absolute Gasteiger partial charge is 0.204 e. The number of rotatable bonds is 4. The summed E-state index contributed by atoms with van der Waals surface area (Å²) in [5.41, 5.74) is 6.18. The zero-order valence-corrected chi connectivity index (χ0v) is 20.5. The number of imidazole rings is 1. The Morgan fingerprint density at radius 2 is 1.43 bits per heavy atom. The van der Waals surface area contributed by atoms with Gasteiger partial charge in [0.05, 0.1) is 22.2 Å². The summed E-state index contributed by atoms with van der Waals surface area (Å²) >= 11 is 0. The molecule has 4 bridgehead atoms. The van der Waals surface area contributed by atoms with Gasteiger partial charge in [-0.25, -0.2) is 4.98 Å². The van der Waals surface area contributed by atoms with Crippen LogP contribution in [0.25, 0.3) is 38.5 Å². The maximum Gasteiger partial charge on any atom is 0.204 e. The lowest BCUT2D eigenvalue weighted by Gasteiger charge is -2.39. The monoisotopic (exact) mass is 460 g/mol. The second kappa shape index (κ2) is 6.90. The van der Waals surface area contributed by atoms with E-state index >= 15 is 0 Å². The highest BCUT2D eigenvalue weighted by Gasteiger charge is 2.56. The minimum Gasteiger partial charge on any atom is -0.350 e. The van der Waals surface area contributed by atoms with Crippen molar-refractivity contribution in [3.05, 3.63) is 66.7 Å². The van der Waals surface area contributed by atoms with Crippen LogP contribution < -0.4 is 5.32 Å². The van der Waals surface area contributed by atoms with Crippen LogP contribution in [0.3, 0.4) is 0 Å². The molecule has 5 aromatic rings. The standard InChI is InChI=1S/C31H32N4/c1-19(2)34-27-12-7-13-28(35-25-10-5-3-8-23(25)24-9-4-6-11-26(24)35)29(27)32-30(34)33-31-16-20-14-21(17-31)22(15-20)18-31/h3-13,19-22H,14-18H2,1-2H3,(H,32,33)/t20?,21-,22?,31?/m0/s1. The molecular weight excluding hydrogens is 428 g/mol. The molecule has 3 unspecified atom stereocenters. The lowest BCUT2D eigenvalue weighted by atomic mass is 9.76. The predicted molar refractivity (Wildman–Crippen MR) is 144 cm³/mol. The number of aromatic nitrogens is 3. The Labute approximate surface area is 206 Å². The number of anilines is 1. The second-order valence-corrected chi connectivity index (χ2v) is 11.8. The maximum absolute atomic E-state index is 5.38. The number of hydrogen-bond donors (Lipinski definition) is 1. The van der Waals surface area contributed by atoms with Crippen LogP contribution in [-0.2, 0) is 0 Å². The number of benzene rings is 3. The number of nitrogens with one attached hydrogen (secondary N) is 1. The first-order valence-electron chi connectivity index (χ1n) is 13.4. The van der Waals surface area contributed by atoms with E-state index in [9.17, 15) is 0 Å². The molecule has 3 aromatic carbocycles. The zero-order chi connectivity index (χ0) is 23.3. The van der Waals surface area contributed by atoms with Crippen LogP contribution in [0.15, 0.2) is 66.7 Å². The van der Waals surface area contributed by atoms with E-state index < -0.39 is 0 Å². The van der Waals surface area contributed by atoms with Crippen LogP contribution in [0.2, 0.25) is 0 Å². The van der Waals surface area contributed by atoms with Crippen molar-refractivity contribution in [2.45, 2.75) is 57.5 Å². The summed E-state index contributed by atoms with van der Waals surface area (Å²) in [6, 6.07) is 24.5. The molecule has 0 radical (unpaired) electrons. The SMILES string of the molecule is CC(C)n1c(NC23CC4CC(C2)[C@@H](C4)C3)nc2c(-n3c4ccccc4c4ccccc43)cccc21. The molecule has 4 aliphatic carbocycles. The lowest BCUT2D eigenvalue weighted by Crippen LogP contribution is -2.42. The van der Waals surface area contributed by atoms with E-state index in [1.807, 2.05) is 0 Å². The third-order valence-electron chi connectivity index (χ3n) is 9.34. The quantitative estimate of drug-likeness (QED) is 0.298. The summed E-state index contributed by atoms with van der Waals surface area (Å²) in [4.78, 5) is 5.38. The molecular formula is C31H32N4. The summed E-state index contributed by atoms with van der Waals surface area (Å²) in [5.74, 6) is 3.85. The molecule has 2 aromatic heterocycles. The van der Waals surface area contributed by atoms with E-state index in [0.29, 0.717) is 6.04 Å². The highest BCUT2D eigenvalue weighted by atomic mass is 15.3. The molecule has 4 aliphatic rings. The summed E-state index contributed by atoms with van der Waals surface area (Å²) < 4.78 is 4.85. The largest absolute Gasteiger partial charge is 0.350 e. The molecule has 4 heteroatoms. The molecule has 35 heavy (non-hydrogen) atoms. The van der Waals surface area contributed by atoms with Gasteiger partial charge in [0.1, 0.15) is 5.52 Å². The first-order valence-corrected chi connectivity index (χ1v) is 13.4. The Hall–Kier alpha value is -3.27. The number of para-hydroxylation sites is 3. The van der Waals surface area contributed by atoms with Crippen molar-refractivity contribution in [3.63, 3.8) is 0 Å². The zero-order valence-electron chi connectivity index (χ0n) is 20.5. The molecule has 0 spiro atoms. The molecule has 176 valence electrons. The fourth-order valence-electron chi connectivity index (χ4n) is 8.28. The Bertz CT molecular complexity index is 1550. The van der Waals surface area contributed by atoms with Crippen molar-refractivity contribution < 1.29 is 0 Å². The minimum absolute atomic E-state index is 0.248. The summed E-state index contributed by atoms with van der Waals surface area (Å²) in [7, 11) is 0. The molecule has 9 rings (SSSR count). The fraction of sp³-hybridized carbons (Fsp3) is 0.387. The molecule has 4 saturated carbocycles. The molecule has 0 saturated heterocycles. The molecule has 1 N–H and O–H groups in total. The summed E-state index contributed by atoms with van der Waals surface area (Å²) in [6.07, 6.45) is 6.91. The Balaban J connectivity index is 1.35. The second-order valence-electron chi connectivity index (χ2n) is 11.8. The van der Waals surface area contributed by atoms with Gasteiger partial charge in [0, 0.05) is 22.4 Å². The van der Waals surface area contributed by atoms with Crippen LogP contribution in [0.4, 0.5) is 5.95 Å². The number of hydrogen-bond acceptors (Lipinski definition) is 2. The normalized spacial score (nSPS) is 27.2.